The van der Waals surface area contributed by atoms with Gasteiger partial charge >= 0.3 is 0 Å². The van der Waals surface area contributed by atoms with Gasteiger partial charge in [0.05, 0.1) is 0 Å². The smallest absolute Gasteiger partial charge is 0.0359 e. The van der Waals surface area contributed by atoms with Crippen molar-refractivity contribution in [2.45, 2.75) is 30.6 Å². The molecule has 0 amide bonds. The van der Waals surface area contributed by atoms with Gasteiger partial charge in [0.25, 0.3) is 0 Å². The van der Waals surface area contributed by atoms with Gasteiger partial charge in [-0.05, 0) is 49.6 Å². The van der Waals surface area contributed by atoms with Crippen LogP contribution in [0.4, 0.5) is 0 Å². The summed E-state index contributed by atoms with van der Waals surface area (Å²) >= 11 is 4.90. The van der Waals surface area contributed by atoms with Crippen molar-refractivity contribution >= 4 is 12.6 Å². The monoisotopic (exact) mass is 247 g/mol. The second kappa shape index (κ2) is 4.66. The van der Waals surface area contributed by atoms with Gasteiger partial charge in [0.1, 0.15) is 0 Å². The molecule has 2 bridgehead atoms. The molecular weight excluding hydrogens is 226 g/mol. The summed E-state index contributed by atoms with van der Waals surface area (Å²) in [7, 11) is 2.09. The van der Waals surface area contributed by atoms with Crippen LogP contribution in [0.5, 0.6) is 0 Å². The number of thiol groups is 1. The highest BCUT2D eigenvalue weighted by molar-refractivity contribution is 7.81. The maximum Gasteiger partial charge on any atom is 0.0359 e. The first kappa shape index (κ1) is 11.6. The molecule has 2 heteroatoms. The Hall–Kier alpha value is -0.470. The number of fused-ring (bicyclic) bond motifs is 2. The average molecular weight is 247 g/mol. The highest BCUT2D eigenvalue weighted by Crippen LogP contribution is 2.54. The Morgan fingerprint density at radius 2 is 1.88 bits per heavy atom. The van der Waals surface area contributed by atoms with Crippen molar-refractivity contribution in [2.75, 3.05) is 7.05 Å². The third-order valence-electron chi connectivity index (χ3n) is 4.79. The second-order valence-electron chi connectivity index (χ2n) is 5.58. The maximum atomic E-state index is 4.90. The molecule has 17 heavy (non-hydrogen) atoms. The van der Waals surface area contributed by atoms with E-state index in [1.54, 1.807) is 0 Å². The molecular formula is C15H21NS. The van der Waals surface area contributed by atoms with Gasteiger partial charge in [0.2, 0.25) is 0 Å². The molecule has 0 spiro atoms. The van der Waals surface area contributed by atoms with Gasteiger partial charge in [-0.3, -0.25) is 0 Å². The van der Waals surface area contributed by atoms with Crippen LogP contribution in [0.2, 0.25) is 0 Å². The van der Waals surface area contributed by atoms with E-state index < -0.39 is 0 Å². The van der Waals surface area contributed by atoms with Gasteiger partial charge in [-0.1, -0.05) is 30.3 Å². The molecule has 92 valence electrons. The summed E-state index contributed by atoms with van der Waals surface area (Å²) in [5.41, 5.74) is 1.42. The van der Waals surface area contributed by atoms with Crippen LogP contribution in [-0.2, 0) is 0 Å². The zero-order chi connectivity index (χ0) is 11.8. The Kier molecular flexibility index (Phi) is 3.18. The van der Waals surface area contributed by atoms with E-state index in [1.165, 1.54) is 24.8 Å². The Balaban J connectivity index is 1.87. The van der Waals surface area contributed by atoms with Crippen LogP contribution in [0.15, 0.2) is 30.3 Å². The van der Waals surface area contributed by atoms with Gasteiger partial charge in [0.15, 0.2) is 0 Å². The Bertz CT molecular complexity index is 376. The molecule has 2 aliphatic carbocycles. The zero-order valence-corrected chi connectivity index (χ0v) is 11.2. The van der Waals surface area contributed by atoms with Crippen molar-refractivity contribution in [2.24, 2.45) is 17.8 Å². The fourth-order valence-electron chi connectivity index (χ4n) is 4.02. The van der Waals surface area contributed by atoms with Crippen LogP contribution in [0, 0.1) is 17.8 Å². The van der Waals surface area contributed by atoms with Crippen molar-refractivity contribution in [3.63, 3.8) is 0 Å². The quantitative estimate of drug-likeness (QED) is 0.781. The largest absolute Gasteiger partial charge is 0.313 e. The molecule has 3 rings (SSSR count). The number of hydrogen-bond acceptors (Lipinski definition) is 2. The topological polar surface area (TPSA) is 12.0 Å². The maximum absolute atomic E-state index is 4.90. The standard InChI is InChI=1S/C15H21NS/c1-16-14(10-5-3-2-4-6-10)13-11-7-8-12(9-11)15(13)17/h2-6,11-17H,7-9H2,1H3/t11-,12+,13-,14+,15-/m0/s1. The lowest BCUT2D eigenvalue weighted by atomic mass is 9.80. The molecule has 1 N–H and O–H groups in total. The normalized spacial score (nSPS) is 37.3. The molecule has 0 aromatic heterocycles. The van der Waals surface area contributed by atoms with Gasteiger partial charge in [-0.25, -0.2) is 0 Å². The van der Waals surface area contributed by atoms with E-state index >= 15 is 0 Å². The minimum atomic E-state index is 0.481. The molecule has 1 aromatic rings. The minimum Gasteiger partial charge on any atom is -0.313 e. The van der Waals surface area contributed by atoms with E-state index in [4.69, 9.17) is 12.6 Å². The van der Waals surface area contributed by atoms with E-state index in [1.807, 2.05) is 0 Å². The summed E-state index contributed by atoms with van der Waals surface area (Å²) in [5, 5.41) is 4.12. The molecule has 5 atom stereocenters. The summed E-state index contributed by atoms with van der Waals surface area (Å²) in [6.07, 6.45) is 4.22. The van der Waals surface area contributed by atoms with Crippen molar-refractivity contribution in [1.29, 1.82) is 0 Å². The first-order valence-electron chi connectivity index (χ1n) is 6.71. The molecule has 0 unspecified atom stereocenters. The molecule has 2 saturated carbocycles. The van der Waals surface area contributed by atoms with E-state index in [2.05, 4.69) is 42.7 Å². The molecule has 0 saturated heterocycles. The van der Waals surface area contributed by atoms with Crippen LogP contribution in [0.25, 0.3) is 0 Å². The number of nitrogens with one attached hydrogen (secondary N) is 1. The van der Waals surface area contributed by atoms with Gasteiger partial charge in [-0.15, -0.1) is 0 Å². The summed E-state index contributed by atoms with van der Waals surface area (Å²) in [5.74, 6) is 2.47. The average Bonchev–Trinajstić information content (AvgIpc) is 2.95. The van der Waals surface area contributed by atoms with E-state index in [0.29, 0.717) is 17.2 Å². The first-order chi connectivity index (χ1) is 8.31. The molecule has 2 aliphatic rings. The lowest BCUT2D eigenvalue weighted by Gasteiger charge is -2.34. The Morgan fingerprint density at radius 1 is 1.18 bits per heavy atom. The summed E-state index contributed by atoms with van der Waals surface area (Å²) in [4.78, 5) is 0. The van der Waals surface area contributed by atoms with E-state index in [-0.39, 0.29) is 0 Å². The highest BCUT2D eigenvalue weighted by Gasteiger charge is 2.48. The van der Waals surface area contributed by atoms with Gasteiger partial charge in [-0.2, -0.15) is 12.6 Å². The highest BCUT2D eigenvalue weighted by atomic mass is 32.1. The molecule has 1 aromatic carbocycles. The minimum absolute atomic E-state index is 0.481. The van der Waals surface area contributed by atoms with Crippen LogP contribution in [0.3, 0.4) is 0 Å². The fraction of sp³-hybridized carbons (Fsp3) is 0.600. The first-order valence-corrected chi connectivity index (χ1v) is 7.23. The summed E-state index contributed by atoms with van der Waals surface area (Å²) in [6, 6.07) is 11.3. The number of hydrogen-bond donors (Lipinski definition) is 2. The Morgan fingerprint density at radius 3 is 2.47 bits per heavy atom. The Labute approximate surface area is 109 Å². The van der Waals surface area contributed by atoms with Crippen LogP contribution >= 0.6 is 12.6 Å². The predicted molar refractivity (Wildman–Crippen MR) is 75.3 cm³/mol. The molecule has 0 heterocycles. The van der Waals surface area contributed by atoms with Crippen molar-refractivity contribution in [3.8, 4) is 0 Å². The SMILES string of the molecule is CN[C@H](c1ccccc1)[C@@H]1[C@H]2CC[C@H](C2)[C@@H]1S. The number of rotatable bonds is 3. The lowest BCUT2D eigenvalue weighted by molar-refractivity contribution is 0.269. The zero-order valence-electron chi connectivity index (χ0n) is 10.3. The van der Waals surface area contributed by atoms with E-state index in [9.17, 15) is 0 Å². The molecule has 0 aliphatic heterocycles. The molecule has 2 fully saturated rings. The lowest BCUT2D eigenvalue weighted by Crippen LogP contribution is -2.35. The third kappa shape index (κ3) is 1.92. The van der Waals surface area contributed by atoms with Crippen LogP contribution in [0.1, 0.15) is 30.9 Å². The summed E-state index contributed by atoms with van der Waals surface area (Å²) < 4.78 is 0. The third-order valence-corrected chi connectivity index (χ3v) is 5.56. The van der Waals surface area contributed by atoms with Crippen LogP contribution in [-0.4, -0.2) is 12.3 Å². The van der Waals surface area contributed by atoms with E-state index in [0.717, 1.165) is 11.8 Å². The van der Waals surface area contributed by atoms with Crippen molar-refractivity contribution < 1.29 is 0 Å². The van der Waals surface area contributed by atoms with Crippen molar-refractivity contribution in [3.05, 3.63) is 35.9 Å². The molecule has 0 radical (unpaired) electrons. The van der Waals surface area contributed by atoms with Gasteiger partial charge < -0.3 is 5.32 Å². The van der Waals surface area contributed by atoms with Gasteiger partial charge in [0, 0.05) is 11.3 Å². The van der Waals surface area contributed by atoms with Crippen LogP contribution < -0.4 is 5.32 Å². The second-order valence-corrected chi connectivity index (χ2v) is 6.17. The number of benzene rings is 1. The predicted octanol–water partition coefficient (Wildman–Crippen LogP) is 3.29. The fourth-order valence-corrected chi connectivity index (χ4v) is 4.70. The van der Waals surface area contributed by atoms with Crippen molar-refractivity contribution in [1.82, 2.24) is 5.32 Å². The summed E-state index contributed by atoms with van der Waals surface area (Å²) in [6.45, 7) is 0. The molecule has 1 nitrogen and oxygen atoms in total.